The van der Waals surface area contributed by atoms with Crippen LogP contribution in [0.15, 0.2) is 52.1 Å². The zero-order valence-corrected chi connectivity index (χ0v) is 16.1. The van der Waals surface area contributed by atoms with Crippen molar-refractivity contribution in [2.24, 2.45) is 0 Å². The molecule has 3 aromatic rings. The topological polar surface area (TPSA) is 73.1 Å². The third-order valence-electron chi connectivity index (χ3n) is 4.12. The molecule has 0 spiro atoms. The molecule has 2 aromatic carbocycles. The van der Waals surface area contributed by atoms with Crippen molar-refractivity contribution in [2.75, 3.05) is 0 Å². The van der Waals surface area contributed by atoms with Gasteiger partial charge in [0.15, 0.2) is 0 Å². The van der Waals surface area contributed by atoms with Crippen LogP contribution in [0.5, 0.6) is 0 Å². The van der Waals surface area contributed by atoms with Gasteiger partial charge in [-0.15, -0.1) is 0 Å². The van der Waals surface area contributed by atoms with E-state index in [4.69, 9.17) is 11.6 Å². The minimum absolute atomic E-state index is 0.0551. The van der Waals surface area contributed by atoms with Gasteiger partial charge >= 0.3 is 5.69 Å². The van der Waals surface area contributed by atoms with Crippen molar-refractivity contribution in [2.45, 2.75) is 33.4 Å². The van der Waals surface area contributed by atoms with Crippen LogP contribution >= 0.6 is 11.6 Å². The largest absolute Gasteiger partial charge is 0.352 e. The second kappa shape index (κ2) is 7.40. The first-order valence-corrected chi connectivity index (χ1v) is 8.97. The molecule has 1 N–H and O–H groups in total. The normalized spacial score (nSPS) is 11.1. The molecule has 0 radical (unpaired) electrons. The van der Waals surface area contributed by atoms with Crippen molar-refractivity contribution in [1.82, 2.24) is 14.5 Å². The van der Waals surface area contributed by atoms with Crippen LogP contribution in [0, 0.1) is 6.92 Å². The SMILES string of the molecule is Cc1ccc2c(c1)c(=O)n(-c1cccc(Cl)c1)c(=O)n2CC(=O)NC(C)C. The van der Waals surface area contributed by atoms with Gasteiger partial charge < -0.3 is 5.32 Å². The number of aryl methyl sites for hydroxylation is 1. The van der Waals surface area contributed by atoms with Crippen LogP contribution in [0.2, 0.25) is 5.02 Å². The summed E-state index contributed by atoms with van der Waals surface area (Å²) in [6.45, 7) is 5.37. The average Bonchev–Trinajstić information content (AvgIpc) is 2.58. The summed E-state index contributed by atoms with van der Waals surface area (Å²) in [5.74, 6) is -0.301. The number of amides is 1. The minimum Gasteiger partial charge on any atom is -0.352 e. The van der Waals surface area contributed by atoms with Gasteiger partial charge in [0.1, 0.15) is 6.54 Å². The summed E-state index contributed by atoms with van der Waals surface area (Å²) in [4.78, 5) is 38.5. The summed E-state index contributed by atoms with van der Waals surface area (Å²) in [6, 6.07) is 11.7. The van der Waals surface area contributed by atoms with Crippen molar-refractivity contribution in [3.63, 3.8) is 0 Å². The van der Waals surface area contributed by atoms with E-state index in [9.17, 15) is 14.4 Å². The number of nitrogens with one attached hydrogen (secondary N) is 1. The van der Waals surface area contributed by atoms with Crippen LogP contribution in [-0.4, -0.2) is 21.1 Å². The molecule has 7 heteroatoms. The van der Waals surface area contributed by atoms with E-state index in [1.807, 2.05) is 26.8 Å². The summed E-state index contributed by atoms with van der Waals surface area (Å²) in [5.41, 5.74) is 0.639. The summed E-state index contributed by atoms with van der Waals surface area (Å²) < 4.78 is 2.37. The van der Waals surface area contributed by atoms with Gasteiger partial charge in [-0.1, -0.05) is 29.3 Å². The van der Waals surface area contributed by atoms with E-state index in [0.29, 0.717) is 21.6 Å². The second-order valence-electron chi connectivity index (χ2n) is 6.73. The first-order valence-electron chi connectivity index (χ1n) is 8.59. The maximum Gasteiger partial charge on any atom is 0.336 e. The Morgan fingerprint density at radius 2 is 1.89 bits per heavy atom. The van der Waals surface area contributed by atoms with Crippen molar-refractivity contribution in [3.8, 4) is 5.69 Å². The quantitative estimate of drug-likeness (QED) is 0.750. The minimum atomic E-state index is -0.586. The summed E-state index contributed by atoms with van der Waals surface area (Å²) >= 11 is 6.04. The Morgan fingerprint density at radius 1 is 1.15 bits per heavy atom. The fourth-order valence-electron chi connectivity index (χ4n) is 2.99. The molecule has 0 saturated heterocycles. The highest BCUT2D eigenvalue weighted by atomic mass is 35.5. The first-order chi connectivity index (χ1) is 12.8. The van der Waals surface area contributed by atoms with E-state index < -0.39 is 11.2 Å². The molecule has 0 saturated carbocycles. The van der Waals surface area contributed by atoms with E-state index in [-0.39, 0.29) is 18.5 Å². The number of nitrogens with zero attached hydrogens (tertiary/aromatic N) is 2. The zero-order chi connectivity index (χ0) is 19.7. The smallest absolute Gasteiger partial charge is 0.336 e. The lowest BCUT2D eigenvalue weighted by Crippen LogP contribution is -2.42. The molecule has 1 heterocycles. The fourth-order valence-corrected chi connectivity index (χ4v) is 3.18. The molecule has 0 bridgehead atoms. The highest BCUT2D eigenvalue weighted by Crippen LogP contribution is 2.15. The van der Waals surface area contributed by atoms with Gasteiger partial charge in [0.2, 0.25) is 5.91 Å². The van der Waals surface area contributed by atoms with Crippen LogP contribution in [0.3, 0.4) is 0 Å². The van der Waals surface area contributed by atoms with Gasteiger partial charge in [-0.05, 0) is 51.1 Å². The molecule has 0 aliphatic rings. The number of fused-ring (bicyclic) bond motifs is 1. The number of carbonyl (C=O) groups excluding carboxylic acids is 1. The fraction of sp³-hybridized carbons (Fsp3) is 0.250. The maximum absolute atomic E-state index is 13.1. The zero-order valence-electron chi connectivity index (χ0n) is 15.3. The van der Waals surface area contributed by atoms with E-state index in [0.717, 1.165) is 10.1 Å². The van der Waals surface area contributed by atoms with Crippen molar-refractivity contribution < 1.29 is 4.79 Å². The van der Waals surface area contributed by atoms with E-state index >= 15 is 0 Å². The third-order valence-corrected chi connectivity index (χ3v) is 4.35. The Morgan fingerprint density at radius 3 is 2.56 bits per heavy atom. The lowest BCUT2D eigenvalue weighted by molar-refractivity contribution is -0.122. The number of hydrogen-bond donors (Lipinski definition) is 1. The predicted molar refractivity (Wildman–Crippen MR) is 107 cm³/mol. The van der Waals surface area contributed by atoms with Crippen molar-refractivity contribution in [1.29, 1.82) is 0 Å². The summed E-state index contributed by atoms with van der Waals surface area (Å²) in [6.07, 6.45) is 0. The molecular formula is C20H20ClN3O3. The van der Waals surface area contributed by atoms with E-state index in [1.54, 1.807) is 36.4 Å². The molecule has 1 aromatic heterocycles. The van der Waals surface area contributed by atoms with Crippen LogP contribution in [-0.2, 0) is 11.3 Å². The third kappa shape index (κ3) is 3.80. The monoisotopic (exact) mass is 385 g/mol. The predicted octanol–water partition coefficient (Wildman–Crippen LogP) is 2.64. The number of carbonyl (C=O) groups is 1. The highest BCUT2D eigenvalue weighted by Gasteiger charge is 2.17. The molecule has 6 nitrogen and oxygen atoms in total. The first kappa shape index (κ1) is 18.9. The number of hydrogen-bond acceptors (Lipinski definition) is 3. The highest BCUT2D eigenvalue weighted by molar-refractivity contribution is 6.30. The lowest BCUT2D eigenvalue weighted by atomic mass is 10.1. The van der Waals surface area contributed by atoms with Gasteiger partial charge in [0.05, 0.1) is 16.6 Å². The van der Waals surface area contributed by atoms with Crippen LogP contribution < -0.4 is 16.6 Å². The van der Waals surface area contributed by atoms with Gasteiger partial charge in [-0.25, -0.2) is 9.36 Å². The maximum atomic E-state index is 13.1. The molecule has 1 amide bonds. The molecule has 0 fully saturated rings. The lowest BCUT2D eigenvalue weighted by Gasteiger charge is -2.15. The number of halogens is 1. The number of rotatable bonds is 4. The van der Waals surface area contributed by atoms with Crippen LogP contribution in [0.4, 0.5) is 0 Å². The summed E-state index contributed by atoms with van der Waals surface area (Å²) in [7, 11) is 0. The Kier molecular flexibility index (Phi) is 5.19. The average molecular weight is 386 g/mol. The van der Waals surface area contributed by atoms with Crippen LogP contribution in [0.1, 0.15) is 19.4 Å². The van der Waals surface area contributed by atoms with Gasteiger partial charge in [0.25, 0.3) is 5.56 Å². The van der Waals surface area contributed by atoms with Crippen molar-refractivity contribution >= 4 is 28.4 Å². The Hall–Kier alpha value is -2.86. The molecule has 27 heavy (non-hydrogen) atoms. The Bertz CT molecular complexity index is 1150. The van der Waals surface area contributed by atoms with E-state index in [2.05, 4.69) is 5.32 Å². The molecule has 140 valence electrons. The van der Waals surface area contributed by atoms with Crippen molar-refractivity contribution in [3.05, 3.63) is 73.9 Å². The molecule has 0 aliphatic heterocycles. The molecule has 3 rings (SSSR count). The molecule has 0 atom stereocenters. The second-order valence-corrected chi connectivity index (χ2v) is 7.17. The number of benzene rings is 2. The standard InChI is InChI=1S/C20H20ClN3O3/c1-12(2)22-18(25)11-23-17-8-7-13(3)9-16(17)19(26)24(20(23)27)15-6-4-5-14(21)10-15/h4-10,12H,11H2,1-3H3,(H,22,25). The Labute approximate surface area is 161 Å². The summed E-state index contributed by atoms with van der Waals surface area (Å²) in [5, 5.41) is 3.55. The number of aromatic nitrogens is 2. The van der Waals surface area contributed by atoms with Gasteiger partial charge in [-0.2, -0.15) is 0 Å². The Balaban J connectivity index is 2.32. The van der Waals surface area contributed by atoms with Gasteiger partial charge in [-0.3, -0.25) is 14.2 Å². The van der Waals surface area contributed by atoms with Crippen LogP contribution in [0.25, 0.3) is 16.6 Å². The molecule has 0 aliphatic carbocycles. The molecule has 0 unspecified atom stereocenters. The molecular weight excluding hydrogens is 366 g/mol. The van der Waals surface area contributed by atoms with Gasteiger partial charge in [0, 0.05) is 11.1 Å². The van der Waals surface area contributed by atoms with E-state index in [1.165, 1.54) is 4.57 Å².